The van der Waals surface area contributed by atoms with E-state index < -0.39 is 12.4 Å². The first-order chi connectivity index (χ1) is 18.8. The highest BCUT2D eigenvalue weighted by Gasteiger charge is 2.48. The van der Waals surface area contributed by atoms with Crippen molar-refractivity contribution in [1.82, 2.24) is 0 Å². The molecule has 0 radical (unpaired) electrons. The molecule has 3 aromatic carbocycles. The number of benzene rings is 3. The summed E-state index contributed by atoms with van der Waals surface area (Å²) in [6.07, 6.45) is 4.11. The van der Waals surface area contributed by atoms with Crippen molar-refractivity contribution in [1.29, 1.82) is 0 Å². The van der Waals surface area contributed by atoms with Crippen molar-refractivity contribution in [3.8, 4) is 0 Å². The number of ether oxygens (including phenoxy) is 5. The number of hydrogen-bond donors (Lipinski definition) is 0. The second kappa shape index (κ2) is 14.0. The maximum Gasteiger partial charge on any atom is 0.187 e. The summed E-state index contributed by atoms with van der Waals surface area (Å²) in [6.45, 7) is 3.44. The Labute approximate surface area is 227 Å². The fraction of sp³-hybridized carbons (Fsp3) is 0.455. The van der Waals surface area contributed by atoms with Gasteiger partial charge in [-0.2, -0.15) is 0 Å². The van der Waals surface area contributed by atoms with E-state index in [0.29, 0.717) is 19.8 Å². The largest absolute Gasteiger partial charge is 0.368 e. The summed E-state index contributed by atoms with van der Waals surface area (Å²) in [4.78, 5) is 0. The van der Waals surface area contributed by atoms with Crippen LogP contribution in [0.15, 0.2) is 91.0 Å². The van der Waals surface area contributed by atoms with E-state index in [9.17, 15) is 0 Å². The lowest BCUT2D eigenvalue weighted by Gasteiger charge is -2.46. The van der Waals surface area contributed by atoms with Crippen LogP contribution in [0.1, 0.15) is 55.7 Å². The quantitative estimate of drug-likeness (QED) is 0.279. The zero-order valence-electron chi connectivity index (χ0n) is 22.3. The Morgan fingerprint density at radius 2 is 1.03 bits per heavy atom. The van der Waals surface area contributed by atoms with Crippen LogP contribution in [0.3, 0.4) is 0 Å². The van der Waals surface area contributed by atoms with Gasteiger partial charge in [0.15, 0.2) is 6.29 Å². The maximum atomic E-state index is 6.65. The van der Waals surface area contributed by atoms with Crippen molar-refractivity contribution in [2.24, 2.45) is 0 Å². The lowest BCUT2D eigenvalue weighted by atomic mass is 9.96. The molecule has 1 aliphatic heterocycles. The topological polar surface area (TPSA) is 46.2 Å². The summed E-state index contributed by atoms with van der Waals surface area (Å²) < 4.78 is 32.9. The minimum atomic E-state index is -0.519. The molecule has 5 atom stereocenters. The van der Waals surface area contributed by atoms with Crippen LogP contribution in [0.2, 0.25) is 0 Å². The van der Waals surface area contributed by atoms with Crippen molar-refractivity contribution < 1.29 is 23.7 Å². The molecular formula is C33H40O5. The van der Waals surface area contributed by atoms with E-state index in [4.69, 9.17) is 23.7 Å². The van der Waals surface area contributed by atoms with Gasteiger partial charge in [-0.3, -0.25) is 0 Å². The van der Waals surface area contributed by atoms with Crippen LogP contribution in [0.4, 0.5) is 0 Å². The SMILES string of the molecule is C[C@@H]1O[C@H](OC2CCCCC2)[C@H](OCc2ccccc2)[C@H](OCc2ccccc2)[C@H]1OCc1ccccc1. The highest BCUT2D eigenvalue weighted by molar-refractivity contribution is 5.15. The van der Waals surface area contributed by atoms with Crippen LogP contribution in [0.25, 0.3) is 0 Å². The number of hydrogen-bond acceptors (Lipinski definition) is 5. The summed E-state index contributed by atoms with van der Waals surface area (Å²) in [5, 5.41) is 0. The van der Waals surface area contributed by atoms with Gasteiger partial charge in [0.2, 0.25) is 0 Å². The molecule has 0 N–H and O–H groups in total. The highest BCUT2D eigenvalue weighted by Crippen LogP contribution is 2.33. The number of rotatable bonds is 11. The van der Waals surface area contributed by atoms with Crippen LogP contribution >= 0.6 is 0 Å². The molecular weight excluding hydrogens is 476 g/mol. The summed E-state index contributed by atoms with van der Waals surface area (Å²) in [7, 11) is 0. The lowest BCUT2D eigenvalue weighted by molar-refractivity contribution is -0.329. The molecule has 5 rings (SSSR count). The first kappa shape index (κ1) is 27.0. The highest BCUT2D eigenvalue weighted by atomic mass is 16.7. The summed E-state index contributed by atoms with van der Waals surface area (Å²) in [6, 6.07) is 30.7. The van der Waals surface area contributed by atoms with Gasteiger partial charge < -0.3 is 23.7 Å². The zero-order valence-corrected chi connectivity index (χ0v) is 22.3. The van der Waals surface area contributed by atoms with Gasteiger partial charge in [0.05, 0.1) is 32.0 Å². The predicted octanol–water partition coefficient (Wildman–Crippen LogP) is 6.84. The van der Waals surface area contributed by atoms with Gasteiger partial charge in [-0.25, -0.2) is 0 Å². The van der Waals surface area contributed by atoms with Gasteiger partial charge in [-0.1, -0.05) is 110 Å². The van der Waals surface area contributed by atoms with Crippen molar-refractivity contribution in [2.45, 2.75) is 95.7 Å². The van der Waals surface area contributed by atoms with Crippen molar-refractivity contribution in [3.05, 3.63) is 108 Å². The molecule has 2 aliphatic rings. The molecule has 1 aliphatic carbocycles. The molecule has 1 saturated heterocycles. The van der Waals surface area contributed by atoms with Gasteiger partial charge in [-0.15, -0.1) is 0 Å². The van der Waals surface area contributed by atoms with Gasteiger partial charge in [-0.05, 0) is 36.5 Å². The van der Waals surface area contributed by atoms with Gasteiger partial charge in [0.1, 0.15) is 18.3 Å². The van der Waals surface area contributed by atoms with Gasteiger partial charge in [0.25, 0.3) is 0 Å². The zero-order chi connectivity index (χ0) is 26.0. The standard InChI is InChI=1S/C33H40O5/c1-25-30(34-22-26-14-6-2-7-15-26)31(35-23-27-16-8-3-9-17-27)32(36-24-28-18-10-4-11-19-28)33(37-25)38-29-20-12-5-13-21-29/h2-4,6-11,14-19,25,29-33H,5,12-13,20-24H2,1H3/t25-,30-,31+,32+,33+/m0/s1. The molecule has 1 saturated carbocycles. The summed E-state index contributed by atoms with van der Waals surface area (Å²) >= 11 is 0. The van der Waals surface area contributed by atoms with E-state index in [0.717, 1.165) is 29.5 Å². The molecule has 5 nitrogen and oxygen atoms in total. The molecule has 5 heteroatoms. The van der Waals surface area contributed by atoms with E-state index in [1.165, 1.54) is 19.3 Å². The van der Waals surface area contributed by atoms with E-state index in [1.54, 1.807) is 0 Å². The second-order valence-corrected chi connectivity index (χ2v) is 10.4. The van der Waals surface area contributed by atoms with Crippen molar-refractivity contribution in [3.63, 3.8) is 0 Å². The van der Waals surface area contributed by atoms with Crippen LogP contribution in [0.5, 0.6) is 0 Å². The second-order valence-electron chi connectivity index (χ2n) is 10.4. The maximum absolute atomic E-state index is 6.65. The normalized spacial score (nSPS) is 26.3. The Bertz CT molecular complexity index is 1050. The van der Waals surface area contributed by atoms with Crippen molar-refractivity contribution >= 4 is 0 Å². The minimum Gasteiger partial charge on any atom is -0.368 e. The molecule has 3 aromatic rings. The van der Waals surface area contributed by atoms with Crippen LogP contribution in [-0.2, 0) is 43.5 Å². The smallest absolute Gasteiger partial charge is 0.187 e. The Balaban J connectivity index is 1.38. The molecule has 0 aromatic heterocycles. The third-order valence-corrected chi connectivity index (χ3v) is 7.46. The molecule has 0 bridgehead atoms. The average molecular weight is 517 g/mol. The monoisotopic (exact) mass is 516 g/mol. The van der Waals surface area contributed by atoms with Crippen LogP contribution < -0.4 is 0 Å². The molecule has 2 fully saturated rings. The Kier molecular flexibility index (Phi) is 9.98. The Morgan fingerprint density at radius 3 is 1.53 bits per heavy atom. The fourth-order valence-corrected chi connectivity index (χ4v) is 5.37. The minimum absolute atomic E-state index is 0.181. The predicted molar refractivity (Wildman–Crippen MR) is 147 cm³/mol. The fourth-order valence-electron chi connectivity index (χ4n) is 5.37. The first-order valence-corrected chi connectivity index (χ1v) is 14.0. The van der Waals surface area contributed by atoms with Crippen LogP contribution in [0, 0.1) is 0 Å². The van der Waals surface area contributed by atoms with Crippen molar-refractivity contribution in [2.75, 3.05) is 0 Å². The van der Waals surface area contributed by atoms with Gasteiger partial charge in [0, 0.05) is 0 Å². The molecule has 38 heavy (non-hydrogen) atoms. The van der Waals surface area contributed by atoms with Crippen LogP contribution in [-0.4, -0.2) is 36.8 Å². The summed E-state index contributed by atoms with van der Waals surface area (Å²) in [5.41, 5.74) is 3.33. The molecule has 0 spiro atoms. The Morgan fingerprint density at radius 1 is 0.579 bits per heavy atom. The summed E-state index contributed by atoms with van der Waals surface area (Å²) in [5.74, 6) is 0. The third kappa shape index (κ3) is 7.52. The van der Waals surface area contributed by atoms with E-state index in [-0.39, 0.29) is 24.4 Å². The van der Waals surface area contributed by atoms with E-state index in [1.807, 2.05) is 54.6 Å². The van der Waals surface area contributed by atoms with Gasteiger partial charge >= 0.3 is 0 Å². The molecule has 1 heterocycles. The van der Waals surface area contributed by atoms with E-state index >= 15 is 0 Å². The average Bonchev–Trinajstić information content (AvgIpc) is 2.97. The Hall–Kier alpha value is -2.54. The lowest BCUT2D eigenvalue weighted by Crippen LogP contribution is -2.60. The van der Waals surface area contributed by atoms with E-state index in [2.05, 4.69) is 43.3 Å². The molecule has 202 valence electrons. The first-order valence-electron chi connectivity index (χ1n) is 14.0. The third-order valence-electron chi connectivity index (χ3n) is 7.46. The molecule has 0 unspecified atom stereocenters. The molecule has 0 amide bonds.